The van der Waals surface area contributed by atoms with Crippen LogP contribution in [0.3, 0.4) is 0 Å². The maximum Gasteiger partial charge on any atom is 0.243 e. The molecule has 1 aromatic carbocycles. The summed E-state index contributed by atoms with van der Waals surface area (Å²) in [5.41, 5.74) is 4.14. The molecule has 2 aromatic rings. The first-order chi connectivity index (χ1) is 14.7. The van der Waals surface area contributed by atoms with Gasteiger partial charge in [-0.25, -0.2) is 10.5 Å². The van der Waals surface area contributed by atoms with Crippen LogP contribution in [-0.4, -0.2) is 20.7 Å². The zero-order valence-corrected chi connectivity index (χ0v) is 17.4. The molecule has 1 aliphatic carbocycles. The van der Waals surface area contributed by atoms with Crippen molar-refractivity contribution in [3.63, 3.8) is 0 Å². The molecule has 1 aromatic heterocycles. The fraction of sp³-hybridized carbons (Fsp3) is 0.478. The molecule has 1 amide bonds. The number of amides is 1. The molecule has 0 radical (unpaired) electrons. The van der Waals surface area contributed by atoms with Crippen molar-refractivity contribution in [1.82, 2.24) is 15.0 Å². The highest BCUT2D eigenvalue weighted by Crippen LogP contribution is 2.40. The summed E-state index contributed by atoms with van der Waals surface area (Å²) in [5, 5.41) is 8.77. The Morgan fingerprint density at radius 1 is 1.23 bits per heavy atom. The van der Waals surface area contributed by atoms with Gasteiger partial charge in [-0.1, -0.05) is 49.6 Å². The van der Waals surface area contributed by atoms with Crippen LogP contribution in [0.15, 0.2) is 60.4 Å². The molecular formula is C23H32N4O3. The minimum absolute atomic E-state index is 0.0446. The van der Waals surface area contributed by atoms with Crippen molar-refractivity contribution in [3.8, 4) is 0 Å². The topological polar surface area (TPSA) is 102 Å². The van der Waals surface area contributed by atoms with Gasteiger partial charge in [-0.15, -0.1) is 0 Å². The van der Waals surface area contributed by atoms with E-state index in [1.165, 1.54) is 30.4 Å². The lowest BCUT2D eigenvalue weighted by Gasteiger charge is -2.32. The number of carbonyl (C=O) groups is 1. The van der Waals surface area contributed by atoms with Crippen LogP contribution in [0.4, 0.5) is 0 Å². The van der Waals surface area contributed by atoms with Gasteiger partial charge < -0.3 is 9.40 Å². The van der Waals surface area contributed by atoms with Crippen molar-refractivity contribution in [3.05, 3.63) is 65.9 Å². The lowest BCUT2D eigenvalue weighted by atomic mass is 9.78. The van der Waals surface area contributed by atoms with Gasteiger partial charge in [0.15, 0.2) is 0 Å². The number of imidazole rings is 1. The molecular weight excluding hydrogens is 380 g/mol. The molecule has 1 fully saturated rings. The maximum absolute atomic E-state index is 11.5. The number of nitrogens with one attached hydrogen (secondary N) is 1. The van der Waals surface area contributed by atoms with E-state index in [-0.39, 0.29) is 12.5 Å². The van der Waals surface area contributed by atoms with E-state index in [1.54, 1.807) is 11.7 Å². The Bertz CT molecular complexity index is 799. The number of hydrogen-bond acceptors (Lipinski definition) is 5. The van der Waals surface area contributed by atoms with Gasteiger partial charge in [-0.2, -0.15) is 5.90 Å². The number of benzene rings is 1. The third kappa shape index (κ3) is 5.93. The van der Waals surface area contributed by atoms with Crippen molar-refractivity contribution in [2.45, 2.75) is 63.8 Å². The number of aromatic nitrogens is 2. The molecule has 4 N–H and O–H groups in total. The van der Waals surface area contributed by atoms with Crippen molar-refractivity contribution >= 4 is 5.91 Å². The van der Waals surface area contributed by atoms with Gasteiger partial charge in [-0.05, 0) is 42.7 Å². The van der Waals surface area contributed by atoms with Crippen molar-refractivity contribution < 1.29 is 14.8 Å². The Morgan fingerprint density at radius 3 is 2.63 bits per heavy atom. The highest BCUT2D eigenvalue weighted by molar-refractivity contribution is 5.74. The van der Waals surface area contributed by atoms with Crippen LogP contribution in [0, 0.1) is 5.92 Å². The third-order valence-electron chi connectivity index (χ3n) is 5.96. The number of carbonyl (C=O) groups excluding carboxylic acids is 1. The second-order valence-corrected chi connectivity index (χ2v) is 7.94. The number of nitrogens with zero attached hydrogens (tertiary/aromatic N) is 2. The zero-order valence-electron chi connectivity index (χ0n) is 17.4. The van der Waals surface area contributed by atoms with Crippen LogP contribution < -0.4 is 11.4 Å². The monoisotopic (exact) mass is 412 g/mol. The highest BCUT2D eigenvalue weighted by atomic mass is 16.6. The van der Waals surface area contributed by atoms with Gasteiger partial charge in [0.1, 0.15) is 5.76 Å². The number of hydroxylamine groups is 1. The summed E-state index contributed by atoms with van der Waals surface area (Å²) in [7, 11) is 0. The van der Waals surface area contributed by atoms with Crippen molar-refractivity contribution in [1.29, 1.82) is 0 Å². The minimum Gasteiger partial charge on any atom is -0.416 e. The van der Waals surface area contributed by atoms with E-state index in [2.05, 4.69) is 33.8 Å². The third-order valence-corrected chi connectivity index (χ3v) is 5.96. The Kier molecular flexibility index (Phi) is 8.47. The largest absolute Gasteiger partial charge is 0.416 e. The second-order valence-electron chi connectivity index (χ2n) is 7.94. The van der Waals surface area contributed by atoms with Gasteiger partial charge >= 0.3 is 0 Å². The fourth-order valence-electron chi connectivity index (χ4n) is 4.50. The SMILES string of the molecule is NO/C(CCCC(=O)NO)=C(\C1CCCCC1)C(Cc1ccccc1)n1ccnc1. The van der Waals surface area contributed by atoms with E-state index < -0.39 is 5.91 Å². The van der Waals surface area contributed by atoms with E-state index in [0.717, 1.165) is 25.0 Å². The van der Waals surface area contributed by atoms with Gasteiger partial charge in [0.2, 0.25) is 5.91 Å². The van der Waals surface area contributed by atoms with Crippen molar-refractivity contribution in [2.24, 2.45) is 11.8 Å². The first-order valence-corrected chi connectivity index (χ1v) is 10.8. The summed E-state index contributed by atoms with van der Waals surface area (Å²) >= 11 is 0. The summed E-state index contributed by atoms with van der Waals surface area (Å²) in [6.45, 7) is 0. The van der Waals surface area contributed by atoms with E-state index in [9.17, 15) is 4.79 Å². The minimum atomic E-state index is -0.402. The lowest BCUT2D eigenvalue weighted by molar-refractivity contribution is -0.129. The smallest absolute Gasteiger partial charge is 0.243 e. The molecule has 1 atom stereocenters. The highest BCUT2D eigenvalue weighted by Gasteiger charge is 2.30. The van der Waals surface area contributed by atoms with Crippen LogP contribution in [0.1, 0.15) is 63.0 Å². The molecule has 1 saturated carbocycles. The average molecular weight is 413 g/mol. The summed E-state index contributed by atoms with van der Waals surface area (Å²) in [6.07, 6.45) is 13.6. The molecule has 3 rings (SSSR count). The van der Waals surface area contributed by atoms with Crippen LogP contribution >= 0.6 is 0 Å². The first-order valence-electron chi connectivity index (χ1n) is 10.8. The van der Waals surface area contributed by atoms with E-state index >= 15 is 0 Å². The van der Waals surface area contributed by atoms with Crippen LogP contribution in [0.5, 0.6) is 0 Å². The molecule has 0 saturated heterocycles. The van der Waals surface area contributed by atoms with Gasteiger partial charge in [0.25, 0.3) is 0 Å². The molecule has 0 aliphatic heterocycles. The second kappa shape index (κ2) is 11.5. The predicted molar refractivity (Wildman–Crippen MR) is 114 cm³/mol. The molecule has 1 aliphatic rings. The molecule has 7 heteroatoms. The van der Waals surface area contributed by atoms with E-state index in [1.807, 2.05) is 18.6 Å². The average Bonchev–Trinajstić information content (AvgIpc) is 3.33. The molecule has 30 heavy (non-hydrogen) atoms. The van der Waals surface area contributed by atoms with Gasteiger partial charge in [0.05, 0.1) is 12.4 Å². The lowest BCUT2D eigenvalue weighted by Crippen LogP contribution is -2.24. The number of allylic oxidation sites excluding steroid dienone is 2. The Balaban J connectivity index is 1.96. The number of nitrogens with two attached hydrogens (primary N) is 1. The molecule has 0 bridgehead atoms. The molecule has 162 valence electrons. The Hall–Kier alpha value is -2.64. The normalized spacial score (nSPS) is 16.6. The Labute approximate surface area is 177 Å². The van der Waals surface area contributed by atoms with E-state index in [0.29, 0.717) is 18.8 Å². The maximum atomic E-state index is 11.5. The fourth-order valence-corrected chi connectivity index (χ4v) is 4.50. The van der Waals surface area contributed by atoms with Crippen LogP contribution in [0.2, 0.25) is 0 Å². The summed E-state index contributed by atoms with van der Waals surface area (Å²) in [4.78, 5) is 21.2. The van der Waals surface area contributed by atoms with E-state index in [4.69, 9.17) is 15.9 Å². The van der Waals surface area contributed by atoms with Crippen LogP contribution in [-0.2, 0) is 16.1 Å². The van der Waals surface area contributed by atoms with Crippen molar-refractivity contribution in [2.75, 3.05) is 0 Å². The van der Waals surface area contributed by atoms with Crippen LogP contribution in [0.25, 0.3) is 0 Å². The quantitative estimate of drug-likeness (QED) is 0.310. The molecule has 7 nitrogen and oxygen atoms in total. The molecule has 0 spiro atoms. The number of rotatable bonds is 10. The molecule has 1 heterocycles. The first kappa shape index (κ1) is 22.1. The summed E-state index contributed by atoms with van der Waals surface area (Å²) in [6, 6.07) is 10.4. The zero-order chi connectivity index (χ0) is 21.2. The predicted octanol–water partition coefficient (Wildman–Crippen LogP) is 4.07. The number of hydrogen-bond donors (Lipinski definition) is 3. The summed E-state index contributed by atoms with van der Waals surface area (Å²) in [5.74, 6) is 6.52. The standard InChI is InChI=1S/C23H32N4O3/c24-30-21(12-7-13-22(28)26-29)23(19-10-5-2-6-11-19)20(27-15-14-25-17-27)16-18-8-3-1-4-9-18/h1,3-4,8-9,14-15,17,19-20,29H,2,5-7,10-13,16,24H2,(H,26,28)/b23-21+. The summed E-state index contributed by atoms with van der Waals surface area (Å²) < 4.78 is 2.14. The van der Waals surface area contributed by atoms with Gasteiger partial charge in [0, 0.05) is 25.2 Å². The molecule has 1 unspecified atom stereocenters. The Morgan fingerprint density at radius 2 is 2.00 bits per heavy atom. The van der Waals surface area contributed by atoms with Gasteiger partial charge in [-0.3, -0.25) is 10.0 Å².